The molecule has 3 rings (SSSR count). The largest absolute Gasteiger partial charge is 0.399 e. The van der Waals surface area contributed by atoms with Gasteiger partial charge in [0.25, 0.3) is 0 Å². The third kappa shape index (κ3) is 1.38. The smallest absolute Gasteiger partial charge is 0.156 e. The molecule has 2 aliphatic heterocycles. The summed E-state index contributed by atoms with van der Waals surface area (Å²) in [6, 6.07) is 7.80. The van der Waals surface area contributed by atoms with Gasteiger partial charge in [-0.05, 0) is 30.7 Å². The van der Waals surface area contributed by atoms with E-state index in [0.29, 0.717) is 12.3 Å². The number of rotatable bonds is 1. The molecule has 2 heterocycles. The molecule has 1 aromatic carbocycles. The normalized spacial score (nSPS) is 30.9. The molecule has 2 aliphatic rings. The first kappa shape index (κ1) is 9.96. The van der Waals surface area contributed by atoms with Crippen LogP contribution in [0, 0.1) is 0 Å². The second kappa shape index (κ2) is 3.13. The van der Waals surface area contributed by atoms with E-state index in [2.05, 4.69) is 4.90 Å². The Hall–Kier alpha value is -1.23. The number of nitrogens with two attached hydrogens (primary N) is 1. The van der Waals surface area contributed by atoms with Crippen molar-refractivity contribution in [2.75, 3.05) is 22.9 Å². The van der Waals surface area contributed by atoms with Crippen molar-refractivity contribution in [2.24, 2.45) is 0 Å². The van der Waals surface area contributed by atoms with Gasteiger partial charge < -0.3 is 10.6 Å². The Labute approximate surface area is 95.0 Å². The minimum atomic E-state index is -2.80. The zero-order valence-electron chi connectivity index (χ0n) is 8.83. The minimum absolute atomic E-state index is 0.157. The Balaban J connectivity index is 1.88. The Morgan fingerprint density at radius 2 is 1.94 bits per heavy atom. The Bertz CT molecular complexity index is 509. The Kier molecular flexibility index (Phi) is 1.95. The van der Waals surface area contributed by atoms with Gasteiger partial charge >= 0.3 is 0 Å². The number of benzene rings is 1. The van der Waals surface area contributed by atoms with E-state index in [0.717, 1.165) is 17.8 Å². The van der Waals surface area contributed by atoms with Crippen molar-refractivity contribution in [1.29, 1.82) is 0 Å². The highest BCUT2D eigenvalue weighted by atomic mass is 32.2. The van der Waals surface area contributed by atoms with Gasteiger partial charge in [-0.25, -0.2) is 8.42 Å². The molecule has 0 radical (unpaired) electrons. The number of hydrogen-bond acceptors (Lipinski definition) is 4. The van der Waals surface area contributed by atoms with Gasteiger partial charge in [0.05, 0.1) is 11.0 Å². The summed E-state index contributed by atoms with van der Waals surface area (Å²) in [7, 11) is -2.80. The van der Waals surface area contributed by atoms with E-state index < -0.39 is 9.84 Å². The van der Waals surface area contributed by atoms with E-state index in [4.69, 9.17) is 5.73 Å². The number of hydrogen-bond donors (Lipinski definition) is 1. The topological polar surface area (TPSA) is 63.4 Å². The predicted octanol–water partition coefficient (Wildman–Crippen LogP) is 0.644. The van der Waals surface area contributed by atoms with Crippen LogP contribution in [-0.2, 0) is 9.84 Å². The lowest BCUT2D eigenvalue weighted by Crippen LogP contribution is -2.40. The molecular weight excluding hydrogens is 224 g/mol. The molecule has 86 valence electrons. The molecule has 0 saturated carbocycles. The quantitative estimate of drug-likeness (QED) is 0.729. The molecule has 0 spiro atoms. The summed E-state index contributed by atoms with van der Waals surface area (Å²) < 4.78 is 23.2. The van der Waals surface area contributed by atoms with Crippen LogP contribution in [0.1, 0.15) is 6.42 Å². The standard InChI is InChI=1S/C11H14N2O2S/c12-8-1-3-9(4-2-8)13-6-11-5-10(13)7-16(11,14)15/h1-4,10-11H,5-7,12H2. The SMILES string of the molecule is Nc1ccc(N2CC3CC2CS3(=O)=O)cc1. The van der Waals surface area contributed by atoms with Crippen LogP contribution < -0.4 is 10.6 Å². The van der Waals surface area contributed by atoms with Crippen LogP contribution in [0.2, 0.25) is 0 Å². The molecule has 2 saturated heterocycles. The number of nitrogens with zero attached hydrogens (tertiary/aromatic N) is 1. The second-order valence-electron chi connectivity index (χ2n) is 4.58. The molecule has 2 atom stereocenters. The number of anilines is 2. The van der Waals surface area contributed by atoms with Crippen LogP contribution in [0.4, 0.5) is 11.4 Å². The minimum Gasteiger partial charge on any atom is -0.399 e. The molecule has 0 amide bonds. The Morgan fingerprint density at radius 1 is 1.25 bits per heavy atom. The van der Waals surface area contributed by atoms with Gasteiger partial charge in [0.15, 0.2) is 9.84 Å². The highest BCUT2D eigenvalue weighted by Crippen LogP contribution is 2.36. The van der Waals surface area contributed by atoms with Crippen LogP contribution in [0.15, 0.2) is 24.3 Å². The van der Waals surface area contributed by atoms with Crippen LogP contribution in [0.25, 0.3) is 0 Å². The van der Waals surface area contributed by atoms with Crippen molar-refractivity contribution in [3.05, 3.63) is 24.3 Å². The molecule has 2 unspecified atom stereocenters. The fourth-order valence-electron chi connectivity index (χ4n) is 2.68. The van der Waals surface area contributed by atoms with Crippen molar-refractivity contribution in [2.45, 2.75) is 17.7 Å². The summed E-state index contributed by atoms with van der Waals surface area (Å²) >= 11 is 0. The summed E-state index contributed by atoms with van der Waals surface area (Å²) in [5.41, 5.74) is 7.45. The lowest BCUT2D eigenvalue weighted by Gasteiger charge is -2.28. The molecule has 2 N–H and O–H groups in total. The molecule has 5 heteroatoms. The van der Waals surface area contributed by atoms with E-state index in [1.165, 1.54) is 0 Å². The zero-order valence-corrected chi connectivity index (χ0v) is 9.65. The lowest BCUT2D eigenvalue weighted by atomic mass is 10.2. The van der Waals surface area contributed by atoms with Crippen molar-refractivity contribution in [3.63, 3.8) is 0 Å². The first-order chi connectivity index (χ1) is 7.56. The van der Waals surface area contributed by atoms with Crippen LogP contribution in [0.5, 0.6) is 0 Å². The van der Waals surface area contributed by atoms with E-state index in [1.807, 2.05) is 24.3 Å². The highest BCUT2D eigenvalue weighted by Gasteiger charge is 2.48. The van der Waals surface area contributed by atoms with E-state index in [-0.39, 0.29) is 11.3 Å². The molecule has 4 nitrogen and oxygen atoms in total. The van der Waals surface area contributed by atoms with Gasteiger partial charge in [-0.15, -0.1) is 0 Å². The Morgan fingerprint density at radius 3 is 2.44 bits per heavy atom. The van der Waals surface area contributed by atoms with Gasteiger partial charge in [0, 0.05) is 24.0 Å². The van der Waals surface area contributed by atoms with Gasteiger partial charge in [-0.2, -0.15) is 0 Å². The van der Waals surface area contributed by atoms with Gasteiger partial charge in [0.2, 0.25) is 0 Å². The predicted molar refractivity (Wildman–Crippen MR) is 64.2 cm³/mol. The molecule has 16 heavy (non-hydrogen) atoms. The summed E-state index contributed by atoms with van der Waals surface area (Å²) in [6.45, 7) is 0.636. The third-order valence-corrected chi connectivity index (χ3v) is 5.74. The lowest BCUT2D eigenvalue weighted by molar-refractivity contribution is 0.585. The number of fused-ring (bicyclic) bond motifs is 2. The monoisotopic (exact) mass is 238 g/mol. The maximum absolute atomic E-state index is 11.6. The summed E-state index contributed by atoms with van der Waals surface area (Å²) in [5.74, 6) is 0.308. The molecule has 1 aromatic rings. The zero-order chi connectivity index (χ0) is 11.3. The number of sulfone groups is 1. The van der Waals surface area contributed by atoms with Crippen molar-refractivity contribution >= 4 is 21.2 Å². The highest BCUT2D eigenvalue weighted by molar-refractivity contribution is 7.92. The van der Waals surface area contributed by atoms with Crippen LogP contribution >= 0.6 is 0 Å². The first-order valence-corrected chi connectivity index (χ1v) is 7.11. The first-order valence-electron chi connectivity index (χ1n) is 5.40. The number of nitrogen functional groups attached to an aromatic ring is 1. The molecule has 2 bridgehead atoms. The summed E-state index contributed by atoms with van der Waals surface area (Å²) in [5, 5.41) is -0.157. The molecule has 0 aromatic heterocycles. The average molecular weight is 238 g/mol. The molecule has 0 aliphatic carbocycles. The van der Waals surface area contributed by atoms with Crippen LogP contribution in [-0.4, -0.2) is 32.0 Å². The maximum atomic E-state index is 11.6. The van der Waals surface area contributed by atoms with Crippen molar-refractivity contribution in [1.82, 2.24) is 0 Å². The van der Waals surface area contributed by atoms with Gasteiger partial charge in [0.1, 0.15) is 0 Å². The molecular formula is C11H14N2O2S. The van der Waals surface area contributed by atoms with Crippen molar-refractivity contribution in [3.8, 4) is 0 Å². The third-order valence-electron chi connectivity index (χ3n) is 3.53. The maximum Gasteiger partial charge on any atom is 0.156 e. The fourth-order valence-corrected chi connectivity index (χ4v) is 4.71. The van der Waals surface area contributed by atoms with E-state index >= 15 is 0 Å². The second-order valence-corrected chi connectivity index (χ2v) is 6.91. The molecule has 2 fully saturated rings. The fraction of sp³-hybridized carbons (Fsp3) is 0.455. The van der Waals surface area contributed by atoms with Crippen molar-refractivity contribution < 1.29 is 8.42 Å². The van der Waals surface area contributed by atoms with Gasteiger partial charge in [-0.3, -0.25) is 0 Å². The summed E-state index contributed by atoms with van der Waals surface area (Å²) in [4.78, 5) is 2.19. The van der Waals surface area contributed by atoms with Crippen LogP contribution in [0.3, 0.4) is 0 Å². The van der Waals surface area contributed by atoms with E-state index in [9.17, 15) is 8.42 Å². The average Bonchev–Trinajstić information content (AvgIpc) is 2.74. The summed E-state index contributed by atoms with van der Waals surface area (Å²) in [6.07, 6.45) is 0.784. The van der Waals surface area contributed by atoms with Gasteiger partial charge in [-0.1, -0.05) is 0 Å². The van der Waals surface area contributed by atoms with E-state index in [1.54, 1.807) is 0 Å².